The van der Waals surface area contributed by atoms with Crippen molar-refractivity contribution < 1.29 is 23.0 Å². The van der Waals surface area contributed by atoms with Crippen LogP contribution in [0.2, 0.25) is 0 Å². The maximum absolute atomic E-state index is 12.0. The summed E-state index contributed by atoms with van der Waals surface area (Å²) in [6.45, 7) is 4.01. The second-order valence-corrected chi connectivity index (χ2v) is 13.1. The number of anilines is 2. The zero-order valence-corrected chi connectivity index (χ0v) is 21.1. The zero-order valence-electron chi connectivity index (χ0n) is 19.4. The summed E-state index contributed by atoms with van der Waals surface area (Å²) in [5, 5.41) is 10.7. The number of pyridine rings is 1. The van der Waals surface area contributed by atoms with Gasteiger partial charge >= 0.3 is 0 Å². The summed E-state index contributed by atoms with van der Waals surface area (Å²) < 4.78 is 35.7. The molecule has 6 rings (SSSR count). The minimum Gasteiger partial charge on any atom is -0.486 e. The van der Waals surface area contributed by atoms with E-state index in [9.17, 15) is 13.5 Å². The van der Waals surface area contributed by atoms with E-state index in [2.05, 4.69) is 9.88 Å². The lowest BCUT2D eigenvalue weighted by atomic mass is 9.78. The lowest BCUT2D eigenvalue weighted by molar-refractivity contribution is 0.133. The molecule has 0 saturated carbocycles. The van der Waals surface area contributed by atoms with Crippen LogP contribution in [0.25, 0.3) is 0 Å². The van der Waals surface area contributed by atoms with Crippen molar-refractivity contribution in [3.05, 3.63) is 24.2 Å². The molecule has 2 aromatic heterocycles. The van der Waals surface area contributed by atoms with E-state index >= 15 is 0 Å². The number of aliphatic hydroxyl groups is 1. The molecule has 188 valence electrons. The molecule has 10 nitrogen and oxygen atoms in total. The second kappa shape index (κ2) is 9.06. The molecule has 4 aliphatic heterocycles. The first-order valence-electron chi connectivity index (χ1n) is 12.0. The number of rotatable bonds is 4. The molecule has 12 heteroatoms. The lowest BCUT2D eigenvalue weighted by Crippen LogP contribution is -2.53. The maximum Gasteiger partial charge on any atom is 0.175 e. The molecule has 0 amide bonds. The summed E-state index contributed by atoms with van der Waals surface area (Å²) in [4.78, 5) is 19.0. The number of aliphatic hydroxyl groups excluding tert-OH is 1. The molecule has 0 bridgehead atoms. The lowest BCUT2D eigenvalue weighted by Gasteiger charge is -2.40. The first kappa shape index (κ1) is 23.3. The van der Waals surface area contributed by atoms with Gasteiger partial charge in [0.15, 0.2) is 27.2 Å². The van der Waals surface area contributed by atoms with Crippen molar-refractivity contribution >= 4 is 33.2 Å². The maximum atomic E-state index is 12.0. The third-order valence-corrected chi connectivity index (χ3v) is 10.2. The Bertz CT molecular complexity index is 1210. The number of hydrogen-bond acceptors (Lipinski definition) is 11. The average Bonchev–Trinajstić information content (AvgIpc) is 3.31. The minimum atomic E-state index is -3.05. The molecule has 1 atom stereocenters. The van der Waals surface area contributed by atoms with E-state index in [-0.39, 0.29) is 24.2 Å². The molecule has 0 aromatic carbocycles. The number of sulfone groups is 1. The summed E-state index contributed by atoms with van der Waals surface area (Å²) in [6.07, 6.45) is 6.71. The van der Waals surface area contributed by atoms with Crippen molar-refractivity contribution in [3.63, 3.8) is 0 Å². The molecule has 3 saturated heterocycles. The van der Waals surface area contributed by atoms with E-state index in [0.717, 1.165) is 56.3 Å². The van der Waals surface area contributed by atoms with Crippen molar-refractivity contribution in [3.8, 4) is 5.75 Å². The zero-order chi connectivity index (χ0) is 24.0. The van der Waals surface area contributed by atoms with Crippen LogP contribution >= 0.6 is 11.8 Å². The molecule has 4 aliphatic rings. The van der Waals surface area contributed by atoms with Gasteiger partial charge in [0.25, 0.3) is 0 Å². The van der Waals surface area contributed by atoms with Gasteiger partial charge in [0.1, 0.15) is 17.3 Å². The van der Waals surface area contributed by atoms with E-state index in [1.165, 1.54) is 11.8 Å². The SMILES string of the molecule is O=S1(=O)CCN2c3nccc(Sc4cnc(N5CCC6(CCOC6)CC5)c(CO)n4)c3OCC2C1. The molecule has 2 aromatic rings. The molecule has 1 N–H and O–H groups in total. The summed E-state index contributed by atoms with van der Waals surface area (Å²) in [5.74, 6) is 2.27. The van der Waals surface area contributed by atoms with Gasteiger partial charge in [0.2, 0.25) is 0 Å². The van der Waals surface area contributed by atoms with Crippen LogP contribution in [0.1, 0.15) is 25.0 Å². The summed E-state index contributed by atoms with van der Waals surface area (Å²) in [6, 6.07) is 1.65. The van der Waals surface area contributed by atoms with E-state index in [1.54, 1.807) is 12.4 Å². The Morgan fingerprint density at radius 1 is 1.17 bits per heavy atom. The molecular formula is C23H29N5O5S2. The smallest absolute Gasteiger partial charge is 0.175 e. The van der Waals surface area contributed by atoms with Crippen LogP contribution in [-0.2, 0) is 21.2 Å². The first-order chi connectivity index (χ1) is 17.0. The number of aromatic nitrogens is 3. The van der Waals surface area contributed by atoms with Crippen molar-refractivity contribution in [2.75, 3.05) is 60.8 Å². The van der Waals surface area contributed by atoms with Crippen LogP contribution in [0.5, 0.6) is 5.75 Å². The number of piperidine rings is 1. The highest BCUT2D eigenvalue weighted by atomic mass is 32.2. The molecule has 1 unspecified atom stereocenters. The number of hydrogen-bond donors (Lipinski definition) is 1. The van der Waals surface area contributed by atoms with Crippen molar-refractivity contribution in [2.45, 2.75) is 41.8 Å². The van der Waals surface area contributed by atoms with Gasteiger partial charge in [0, 0.05) is 32.4 Å². The Morgan fingerprint density at radius 2 is 2.03 bits per heavy atom. The van der Waals surface area contributed by atoms with Gasteiger partial charge in [-0.25, -0.2) is 23.4 Å². The number of ether oxygens (including phenoxy) is 2. The fourth-order valence-electron chi connectivity index (χ4n) is 5.50. The number of fused-ring (bicyclic) bond motifs is 3. The quantitative estimate of drug-likeness (QED) is 0.633. The van der Waals surface area contributed by atoms with Crippen LogP contribution in [-0.4, -0.2) is 85.5 Å². The summed E-state index contributed by atoms with van der Waals surface area (Å²) in [7, 11) is -3.05. The fraction of sp³-hybridized carbons (Fsp3) is 0.609. The van der Waals surface area contributed by atoms with E-state index < -0.39 is 9.84 Å². The third-order valence-electron chi connectivity index (χ3n) is 7.55. The predicted molar refractivity (Wildman–Crippen MR) is 131 cm³/mol. The Morgan fingerprint density at radius 3 is 2.80 bits per heavy atom. The van der Waals surface area contributed by atoms with Gasteiger partial charge in [-0.3, -0.25) is 0 Å². The average molecular weight is 520 g/mol. The van der Waals surface area contributed by atoms with Crippen LogP contribution in [0.3, 0.4) is 0 Å². The second-order valence-electron chi connectivity index (χ2n) is 9.76. The van der Waals surface area contributed by atoms with Gasteiger partial charge in [0.05, 0.1) is 41.9 Å². The molecule has 1 spiro atoms. The molecular weight excluding hydrogens is 490 g/mol. The Kier molecular flexibility index (Phi) is 6.02. The van der Waals surface area contributed by atoms with Crippen LogP contribution in [0.15, 0.2) is 28.4 Å². The highest BCUT2D eigenvalue weighted by Crippen LogP contribution is 2.44. The fourth-order valence-corrected chi connectivity index (χ4v) is 7.86. The summed E-state index contributed by atoms with van der Waals surface area (Å²) in [5.41, 5.74) is 0.871. The predicted octanol–water partition coefficient (Wildman–Crippen LogP) is 1.52. The third kappa shape index (κ3) is 4.45. The van der Waals surface area contributed by atoms with Crippen LogP contribution in [0.4, 0.5) is 11.6 Å². The molecule has 0 aliphatic carbocycles. The number of nitrogens with zero attached hydrogens (tertiary/aromatic N) is 5. The summed E-state index contributed by atoms with van der Waals surface area (Å²) >= 11 is 1.41. The Balaban J connectivity index is 1.20. The van der Waals surface area contributed by atoms with E-state index in [4.69, 9.17) is 19.4 Å². The Hall–Kier alpha value is -2.15. The Labute approximate surface area is 209 Å². The van der Waals surface area contributed by atoms with Crippen LogP contribution < -0.4 is 14.5 Å². The van der Waals surface area contributed by atoms with Gasteiger partial charge < -0.3 is 24.4 Å². The highest BCUT2D eigenvalue weighted by Gasteiger charge is 2.39. The van der Waals surface area contributed by atoms with Crippen molar-refractivity contribution in [2.24, 2.45) is 5.41 Å². The van der Waals surface area contributed by atoms with Gasteiger partial charge in [-0.1, -0.05) is 11.8 Å². The molecule has 6 heterocycles. The van der Waals surface area contributed by atoms with Gasteiger partial charge in [-0.05, 0) is 30.7 Å². The van der Waals surface area contributed by atoms with Gasteiger partial charge in [-0.2, -0.15) is 0 Å². The van der Waals surface area contributed by atoms with E-state index in [0.29, 0.717) is 40.9 Å². The van der Waals surface area contributed by atoms with Crippen LogP contribution in [0, 0.1) is 5.41 Å². The minimum absolute atomic E-state index is 0.0862. The van der Waals surface area contributed by atoms with E-state index in [1.807, 2.05) is 11.0 Å². The topological polar surface area (TPSA) is 118 Å². The molecule has 35 heavy (non-hydrogen) atoms. The monoisotopic (exact) mass is 519 g/mol. The highest BCUT2D eigenvalue weighted by molar-refractivity contribution is 7.99. The van der Waals surface area contributed by atoms with Crippen molar-refractivity contribution in [1.29, 1.82) is 0 Å². The first-order valence-corrected chi connectivity index (χ1v) is 14.7. The largest absolute Gasteiger partial charge is 0.486 e. The standard InChI is InChI=1S/C23H29N5O5S2/c29-12-17-21(27-6-2-23(3-7-27)4-9-32-15-23)25-11-19(26-17)34-18-1-5-24-22-20(18)33-13-16-14-35(30,31)10-8-28(16)22/h1,5,11,16,29H,2-4,6-10,12-15H2. The normalized spacial score (nSPS) is 24.7. The molecule has 3 fully saturated rings. The van der Waals surface area contributed by atoms with Crippen molar-refractivity contribution in [1.82, 2.24) is 15.0 Å². The van der Waals surface area contributed by atoms with Gasteiger partial charge in [-0.15, -0.1) is 0 Å². The molecule has 0 radical (unpaired) electrons.